The highest BCUT2D eigenvalue weighted by molar-refractivity contribution is 5.94. The molecule has 4 rings (SSSR count). The molecule has 2 aromatic rings. The summed E-state index contributed by atoms with van der Waals surface area (Å²) in [6.07, 6.45) is 7.77. The standard InChI is InChI=1S/C19H23N3O2/c23-19(18-10-13-5-1-2-7-15(13)12-22(18)24)20-11-16-9-14-6-3-4-8-17(14)21-16/h1-2,5,7,10,12,14,16-17,21H,3-4,6,8-9,11H2,(H,20,23)/t14-,16-,17-/m0/s1. The smallest absolute Gasteiger partial charge is 0.317 e. The largest absolute Gasteiger partial charge is 0.618 e. The molecule has 2 N–H and O–H groups in total. The number of fused-ring (bicyclic) bond motifs is 2. The number of amides is 1. The van der Waals surface area contributed by atoms with Gasteiger partial charge in [-0.2, -0.15) is 4.73 Å². The molecule has 0 radical (unpaired) electrons. The van der Waals surface area contributed by atoms with E-state index in [2.05, 4.69) is 10.6 Å². The van der Waals surface area contributed by atoms with Crippen LogP contribution in [-0.2, 0) is 0 Å². The normalized spacial score (nSPS) is 26.2. The highest BCUT2D eigenvalue weighted by Crippen LogP contribution is 2.32. The highest BCUT2D eigenvalue weighted by atomic mass is 16.5. The Labute approximate surface area is 141 Å². The number of aromatic nitrogens is 1. The molecule has 24 heavy (non-hydrogen) atoms. The number of rotatable bonds is 3. The Hall–Kier alpha value is -2.14. The lowest BCUT2D eigenvalue weighted by molar-refractivity contribution is -0.606. The fraction of sp³-hybridized carbons (Fsp3) is 0.474. The van der Waals surface area contributed by atoms with Crippen molar-refractivity contribution in [3.05, 3.63) is 47.4 Å². The van der Waals surface area contributed by atoms with E-state index in [1.807, 2.05) is 24.3 Å². The maximum Gasteiger partial charge on any atom is 0.317 e. The van der Waals surface area contributed by atoms with E-state index >= 15 is 0 Å². The molecule has 0 bridgehead atoms. The van der Waals surface area contributed by atoms with E-state index in [-0.39, 0.29) is 11.6 Å². The van der Waals surface area contributed by atoms with E-state index in [0.29, 0.717) is 23.4 Å². The third-order valence-electron chi connectivity index (χ3n) is 5.47. The van der Waals surface area contributed by atoms with Gasteiger partial charge in [0, 0.05) is 30.1 Å². The average Bonchev–Trinajstić information content (AvgIpc) is 3.02. The molecule has 2 aliphatic rings. The van der Waals surface area contributed by atoms with Gasteiger partial charge in [-0.05, 0) is 36.6 Å². The Balaban J connectivity index is 1.42. The summed E-state index contributed by atoms with van der Waals surface area (Å²) >= 11 is 0. The lowest BCUT2D eigenvalue weighted by Crippen LogP contribution is -2.44. The molecule has 2 fully saturated rings. The second-order valence-electron chi connectivity index (χ2n) is 7.07. The van der Waals surface area contributed by atoms with Gasteiger partial charge in [0.1, 0.15) is 0 Å². The van der Waals surface area contributed by atoms with Crippen molar-refractivity contribution in [1.82, 2.24) is 10.6 Å². The number of carbonyl (C=O) groups is 1. The molecule has 0 spiro atoms. The molecule has 1 saturated heterocycles. The van der Waals surface area contributed by atoms with Crippen molar-refractivity contribution in [3.63, 3.8) is 0 Å². The van der Waals surface area contributed by atoms with Crippen LogP contribution in [0.4, 0.5) is 0 Å². The van der Waals surface area contributed by atoms with E-state index < -0.39 is 0 Å². The number of carbonyl (C=O) groups excluding carboxylic acids is 1. The van der Waals surface area contributed by atoms with Gasteiger partial charge in [0.15, 0.2) is 6.20 Å². The van der Waals surface area contributed by atoms with Crippen LogP contribution in [-0.4, -0.2) is 24.5 Å². The van der Waals surface area contributed by atoms with Crippen molar-refractivity contribution < 1.29 is 9.52 Å². The number of nitrogens with one attached hydrogen (secondary N) is 2. The van der Waals surface area contributed by atoms with E-state index in [0.717, 1.165) is 23.1 Å². The lowest BCUT2D eigenvalue weighted by Gasteiger charge is -2.24. The molecule has 1 aliphatic heterocycles. The second-order valence-corrected chi connectivity index (χ2v) is 7.07. The summed E-state index contributed by atoms with van der Waals surface area (Å²) in [4.78, 5) is 12.4. The molecule has 2 heterocycles. The Morgan fingerprint density at radius 1 is 1.25 bits per heavy atom. The average molecular weight is 325 g/mol. The molecule has 1 saturated carbocycles. The van der Waals surface area contributed by atoms with Gasteiger partial charge in [0.25, 0.3) is 5.69 Å². The molecule has 5 heteroatoms. The van der Waals surface area contributed by atoms with Crippen molar-refractivity contribution in [2.45, 2.75) is 44.2 Å². The predicted molar refractivity (Wildman–Crippen MR) is 92.5 cm³/mol. The van der Waals surface area contributed by atoms with Crippen molar-refractivity contribution >= 4 is 16.7 Å². The first-order valence-corrected chi connectivity index (χ1v) is 8.87. The van der Waals surface area contributed by atoms with Crippen molar-refractivity contribution in [3.8, 4) is 0 Å². The van der Waals surface area contributed by atoms with Crippen molar-refractivity contribution in [1.29, 1.82) is 0 Å². The quantitative estimate of drug-likeness (QED) is 0.671. The molecule has 5 nitrogen and oxygen atoms in total. The van der Waals surface area contributed by atoms with E-state index in [1.54, 1.807) is 6.07 Å². The van der Waals surface area contributed by atoms with Gasteiger partial charge in [-0.25, -0.2) is 0 Å². The van der Waals surface area contributed by atoms with Crippen molar-refractivity contribution in [2.24, 2.45) is 5.92 Å². The van der Waals surface area contributed by atoms with Gasteiger partial charge in [0.05, 0.1) is 0 Å². The zero-order valence-electron chi connectivity index (χ0n) is 13.7. The number of benzene rings is 1. The summed E-state index contributed by atoms with van der Waals surface area (Å²) in [6, 6.07) is 10.2. The summed E-state index contributed by atoms with van der Waals surface area (Å²) in [7, 11) is 0. The fourth-order valence-electron chi connectivity index (χ4n) is 4.23. The van der Waals surface area contributed by atoms with Crippen LogP contribution in [0.5, 0.6) is 0 Å². The number of hydrogen-bond acceptors (Lipinski definition) is 3. The van der Waals surface area contributed by atoms with E-state index in [9.17, 15) is 10.0 Å². The van der Waals surface area contributed by atoms with Crippen molar-refractivity contribution in [2.75, 3.05) is 6.54 Å². The number of nitrogens with zero attached hydrogens (tertiary/aromatic N) is 1. The summed E-state index contributed by atoms with van der Waals surface area (Å²) < 4.78 is 0.666. The van der Waals surface area contributed by atoms with Crippen LogP contribution >= 0.6 is 0 Å². The Kier molecular flexibility index (Phi) is 4.10. The Morgan fingerprint density at radius 3 is 2.88 bits per heavy atom. The first kappa shape index (κ1) is 15.4. The summed E-state index contributed by atoms with van der Waals surface area (Å²) in [5.41, 5.74) is 0.157. The molecular formula is C19H23N3O2. The molecule has 1 aromatic carbocycles. The zero-order chi connectivity index (χ0) is 16.5. The first-order chi connectivity index (χ1) is 11.7. The van der Waals surface area contributed by atoms with Crippen LogP contribution in [0.3, 0.4) is 0 Å². The summed E-state index contributed by atoms with van der Waals surface area (Å²) in [5.74, 6) is 0.457. The van der Waals surface area contributed by atoms with Gasteiger partial charge in [-0.1, -0.05) is 31.0 Å². The lowest BCUT2D eigenvalue weighted by atomic mass is 9.85. The summed E-state index contributed by atoms with van der Waals surface area (Å²) in [5, 5.41) is 20.4. The Morgan fingerprint density at radius 2 is 2.04 bits per heavy atom. The molecule has 3 atom stereocenters. The molecular weight excluding hydrogens is 302 g/mol. The van der Waals surface area contributed by atoms with Gasteiger partial charge in [0.2, 0.25) is 0 Å². The summed E-state index contributed by atoms with van der Waals surface area (Å²) in [6.45, 7) is 0.582. The number of hydrogen-bond donors (Lipinski definition) is 2. The monoisotopic (exact) mass is 325 g/mol. The maximum absolute atomic E-state index is 12.4. The predicted octanol–water partition coefficient (Wildman–Crippen LogP) is 2.12. The van der Waals surface area contributed by atoms with E-state index in [1.165, 1.54) is 31.9 Å². The maximum atomic E-state index is 12.4. The Bertz CT molecular complexity index is 747. The van der Waals surface area contributed by atoms with Gasteiger partial charge in [-0.15, -0.1) is 0 Å². The van der Waals surface area contributed by atoms with Crippen LogP contribution in [0.15, 0.2) is 36.5 Å². The fourth-order valence-corrected chi connectivity index (χ4v) is 4.23. The molecule has 0 unspecified atom stereocenters. The number of pyridine rings is 1. The van der Waals surface area contributed by atoms with Crippen LogP contribution in [0.25, 0.3) is 10.8 Å². The zero-order valence-corrected chi connectivity index (χ0v) is 13.7. The third-order valence-corrected chi connectivity index (χ3v) is 5.47. The minimum absolute atomic E-state index is 0.157. The van der Waals surface area contributed by atoms with Crippen LogP contribution in [0, 0.1) is 11.1 Å². The minimum Gasteiger partial charge on any atom is -0.618 e. The van der Waals surface area contributed by atoms with Gasteiger partial charge in [-0.3, -0.25) is 4.79 Å². The second kappa shape index (κ2) is 6.40. The van der Waals surface area contributed by atoms with Crippen LogP contribution in [0.2, 0.25) is 0 Å². The molecule has 126 valence electrons. The van der Waals surface area contributed by atoms with Crippen LogP contribution in [0.1, 0.15) is 42.6 Å². The minimum atomic E-state index is -0.299. The third kappa shape index (κ3) is 2.96. The van der Waals surface area contributed by atoms with Gasteiger partial charge < -0.3 is 15.8 Å². The van der Waals surface area contributed by atoms with Crippen LogP contribution < -0.4 is 15.4 Å². The van der Waals surface area contributed by atoms with Gasteiger partial charge >= 0.3 is 5.91 Å². The topological polar surface area (TPSA) is 68.1 Å². The van der Waals surface area contributed by atoms with E-state index in [4.69, 9.17) is 0 Å². The molecule has 1 aromatic heterocycles. The first-order valence-electron chi connectivity index (χ1n) is 8.87. The highest BCUT2D eigenvalue weighted by Gasteiger charge is 2.35. The molecule has 1 amide bonds. The SMILES string of the molecule is O=C(NC[C@@H]1C[C@@H]2CCCC[C@@H]2N1)c1cc2ccccc2c[n+]1[O-]. The molecule has 1 aliphatic carbocycles.